The minimum absolute atomic E-state index is 0.428. The summed E-state index contributed by atoms with van der Waals surface area (Å²) in [5.41, 5.74) is 6.54. The Labute approximate surface area is 178 Å². The quantitative estimate of drug-likeness (QED) is 0.290. The number of aromatic nitrogens is 1. The first-order valence-corrected chi connectivity index (χ1v) is 10.9. The molecule has 0 unspecified atom stereocenters. The molecule has 2 nitrogen and oxygen atoms in total. The summed E-state index contributed by atoms with van der Waals surface area (Å²) >= 11 is 0. The van der Waals surface area contributed by atoms with Crippen LogP contribution in [-0.4, -0.2) is 0 Å². The third-order valence-electron chi connectivity index (χ3n) is 6.76. The number of pyridine rings is 1. The van der Waals surface area contributed by atoms with Gasteiger partial charge < -0.3 is 4.42 Å². The first-order chi connectivity index (χ1) is 15.0. The zero-order chi connectivity index (χ0) is 21.2. The molecule has 1 saturated carbocycles. The lowest BCUT2D eigenvalue weighted by Gasteiger charge is -2.10. The van der Waals surface area contributed by atoms with E-state index in [4.69, 9.17) is 5.79 Å². The molecule has 1 aliphatic carbocycles. The minimum Gasteiger partial charge on any atom is -0.448 e. The molecule has 148 valence electrons. The van der Waals surface area contributed by atoms with Crippen molar-refractivity contribution >= 4 is 32.7 Å². The standard InChI is InChI=1S/C28H26NO/c1-18-7-3-6-10-22(18)26-28-25(15-16-29(26)2)24-14-12-21-17-20(19-8-4-5-9-19)11-13-23(21)27(24)30-28/h3,6-7,10-17,19H,4-5,8-9H2,1-2H3/q+1/i19D. The highest BCUT2D eigenvalue weighted by molar-refractivity contribution is 6.16. The minimum atomic E-state index is -0.428. The molecular formula is C28H26NO+. The van der Waals surface area contributed by atoms with Crippen molar-refractivity contribution in [2.45, 2.75) is 38.5 Å². The SMILES string of the molecule is [2H]C1(c2ccc3c(ccc4c5cc[n+](C)c(-c6ccccc6C)c5oc34)c2)CCCC1. The summed E-state index contributed by atoms with van der Waals surface area (Å²) in [5, 5.41) is 4.57. The first kappa shape index (κ1) is 16.6. The number of furan rings is 1. The van der Waals surface area contributed by atoms with E-state index in [9.17, 15) is 0 Å². The van der Waals surface area contributed by atoms with E-state index in [-0.39, 0.29) is 0 Å². The molecule has 2 aromatic heterocycles. The molecule has 0 saturated heterocycles. The molecule has 30 heavy (non-hydrogen) atoms. The highest BCUT2D eigenvalue weighted by Crippen LogP contribution is 2.40. The number of rotatable bonds is 2. The molecule has 2 heteroatoms. The van der Waals surface area contributed by atoms with Crippen molar-refractivity contribution in [3.05, 3.63) is 78.0 Å². The van der Waals surface area contributed by atoms with Crippen LogP contribution in [0.1, 0.15) is 44.1 Å². The fraction of sp³-hybridized carbons (Fsp3) is 0.250. The van der Waals surface area contributed by atoms with Crippen LogP contribution in [0.5, 0.6) is 0 Å². The predicted molar refractivity (Wildman–Crippen MR) is 124 cm³/mol. The number of benzene rings is 3. The van der Waals surface area contributed by atoms with Gasteiger partial charge in [0.1, 0.15) is 12.6 Å². The molecule has 0 N–H and O–H groups in total. The molecular weight excluding hydrogens is 366 g/mol. The fourth-order valence-corrected chi connectivity index (χ4v) is 5.13. The average molecular weight is 394 g/mol. The van der Waals surface area contributed by atoms with Gasteiger partial charge in [-0.25, -0.2) is 0 Å². The fourth-order valence-electron chi connectivity index (χ4n) is 5.13. The van der Waals surface area contributed by atoms with Crippen molar-refractivity contribution < 1.29 is 10.4 Å². The molecule has 2 heterocycles. The van der Waals surface area contributed by atoms with Crippen LogP contribution < -0.4 is 4.57 Å². The lowest BCUT2D eigenvalue weighted by molar-refractivity contribution is -0.659. The number of aryl methyl sites for hydroxylation is 2. The van der Waals surface area contributed by atoms with E-state index in [1.807, 2.05) is 0 Å². The average Bonchev–Trinajstić information content (AvgIpc) is 3.38. The van der Waals surface area contributed by atoms with Crippen molar-refractivity contribution in [2.75, 3.05) is 0 Å². The molecule has 1 aliphatic rings. The molecule has 0 spiro atoms. The summed E-state index contributed by atoms with van der Waals surface area (Å²) in [6.07, 6.45) is 6.35. The van der Waals surface area contributed by atoms with Crippen molar-refractivity contribution in [3.63, 3.8) is 0 Å². The van der Waals surface area contributed by atoms with Gasteiger partial charge in [-0.3, -0.25) is 0 Å². The Hall–Kier alpha value is -3.13. The van der Waals surface area contributed by atoms with E-state index < -0.39 is 5.89 Å². The van der Waals surface area contributed by atoms with Crippen LogP contribution in [-0.2, 0) is 7.05 Å². The maximum Gasteiger partial charge on any atom is 0.256 e. The lowest BCUT2D eigenvalue weighted by Crippen LogP contribution is -2.30. The molecule has 0 amide bonds. The molecule has 0 bridgehead atoms. The van der Waals surface area contributed by atoms with Gasteiger partial charge in [0, 0.05) is 23.6 Å². The normalized spacial score (nSPS) is 16.5. The topological polar surface area (TPSA) is 17.0 Å². The summed E-state index contributed by atoms with van der Waals surface area (Å²) in [4.78, 5) is 0. The van der Waals surface area contributed by atoms with Crippen LogP contribution in [0.25, 0.3) is 44.0 Å². The second-order valence-corrected chi connectivity index (χ2v) is 8.62. The summed E-state index contributed by atoms with van der Waals surface area (Å²) < 4.78 is 17.6. The van der Waals surface area contributed by atoms with E-state index in [0.717, 1.165) is 69.7 Å². The van der Waals surface area contributed by atoms with Gasteiger partial charge in [0.05, 0.1) is 5.56 Å². The largest absolute Gasteiger partial charge is 0.448 e. The summed E-state index contributed by atoms with van der Waals surface area (Å²) in [6, 6.07) is 21.5. The molecule has 0 radical (unpaired) electrons. The zero-order valence-corrected chi connectivity index (χ0v) is 17.5. The Bertz CT molecular complexity index is 1470. The van der Waals surface area contributed by atoms with Crippen LogP contribution in [0, 0.1) is 6.92 Å². The smallest absolute Gasteiger partial charge is 0.256 e. The van der Waals surface area contributed by atoms with Gasteiger partial charge in [-0.2, -0.15) is 4.57 Å². The number of hydrogen-bond acceptors (Lipinski definition) is 1. The van der Waals surface area contributed by atoms with Gasteiger partial charge in [0.2, 0.25) is 5.58 Å². The molecule has 5 aromatic rings. The van der Waals surface area contributed by atoms with Gasteiger partial charge in [-0.05, 0) is 54.3 Å². The van der Waals surface area contributed by atoms with Gasteiger partial charge in [-0.1, -0.05) is 55.3 Å². The van der Waals surface area contributed by atoms with E-state index in [2.05, 4.69) is 85.4 Å². The zero-order valence-electron chi connectivity index (χ0n) is 18.5. The van der Waals surface area contributed by atoms with Crippen LogP contribution in [0.2, 0.25) is 0 Å². The summed E-state index contributed by atoms with van der Waals surface area (Å²) in [5.74, 6) is -0.428. The van der Waals surface area contributed by atoms with Crippen molar-refractivity contribution in [1.29, 1.82) is 0 Å². The Kier molecular flexibility index (Phi) is 3.72. The Morgan fingerprint density at radius 1 is 0.900 bits per heavy atom. The first-order valence-electron chi connectivity index (χ1n) is 11.4. The molecule has 0 aliphatic heterocycles. The Balaban J connectivity index is 1.63. The summed E-state index contributed by atoms with van der Waals surface area (Å²) in [6.45, 7) is 2.15. The van der Waals surface area contributed by atoms with Gasteiger partial charge >= 0.3 is 0 Å². The predicted octanol–water partition coefficient (Wildman–Crippen LogP) is 7.20. The highest BCUT2D eigenvalue weighted by Gasteiger charge is 2.23. The summed E-state index contributed by atoms with van der Waals surface area (Å²) in [7, 11) is 2.08. The van der Waals surface area contributed by atoms with Crippen molar-refractivity contribution in [1.82, 2.24) is 0 Å². The number of nitrogens with zero attached hydrogens (tertiary/aromatic N) is 1. The van der Waals surface area contributed by atoms with Crippen LogP contribution >= 0.6 is 0 Å². The Morgan fingerprint density at radius 2 is 1.67 bits per heavy atom. The molecule has 1 fully saturated rings. The third-order valence-corrected chi connectivity index (χ3v) is 6.76. The van der Waals surface area contributed by atoms with Crippen LogP contribution in [0.4, 0.5) is 0 Å². The van der Waals surface area contributed by atoms with E-state index in [1.165, 1.54) is 11.1 Å². The second kappa shape index (κ2) is 6.70. The van der Waals surface area contributed by atoms with Gasteiger partial charge in [0.25, 0.3) is 5.69 Å². The molecule has 6 rings (SSSR count). The number of fused-ring (bicyclic) bond motifs is 5. The monoisotopic (exact) mass is 393 g/mol. The van der Waals surface area contributed by atoms with Crippen LogP contribution in [0.3, 0.4) is 0 Å². The van der Waals surface area contributed by atoms with Gasteiger partial charge in [-0.15, -0.1) is 0 Å². The maximum absolute atomic E-state index is 8.89. The lowest BCUT2D eigenvalue weighted by atomic mass is 9.94. The van der Waals surface area contributed by atoms with Crippen molar-refractivity contribution in [2.24, 2.45) is 7.05 Å². The number of hydrogen-bond donors (Lipinski definition) is 0. The van der Waals surface area contributed by atoms with Gasteiger partial charge in [0.15, 0.2) is 6.20 Å². The second-order valence-electron chi connectivity index (χ2n) is 8.62. The van der Waals surface area contributed by atoms with E-state index in [1.54, 1.807) is 0 Å². The maximum atomic E-state index is 8.89. The molecule has 3 aromatic carbocycles. The Morgan fingerprint density at radius 3 is 2.50 bits per heavy atom. The van der Waals surface area contributed by atoms with E-state index in [0.29, 0.717) is 0 Å². The van der Waals surface area contributed by atoms with Crippen molar-refractivity contribution in [3.8, 4) is 11.3 Å². The molecule has 0 atom stereocenters. The highest BCUT2D eigenvalue weighted by atomic mass is 16.3. The third kappa shape index (κ3) is 2.60. The van der Waals surface area contributed by atoms with E-state index >= 15 is 0 Å². The van der Waals surface area contributed by atoms with Crippen LogP contribution in [0.15, 0.2) is 71.3 Å².